The second-order valence-corrected chi connectivity index (χ2v) is 5.72. The third-order valence-electron chi connectivity index (χ3n) is 2.57. The topological polar surface area (TPSA) is 73.9 Å². The molecule has 0 aliphatic heterocycles. The number of amides is 1. The summed E-state index contributed by atoms with van der Waals surface area (Å²) in [5, 5.41) is 2.45. The fourth-order valence-corrected chi connectivity index (χ4v) is 1.63. The Morgan fingerprint density at radius 2 is 1.82 bits per heavy atom. The van der Waals surface area contributed by atoms with Crippen LogP contribution in [0.15, 0.2) is 30.3 Å². The molecule has 0 fully saturated rings. The van der Waals surface area contributed by atoms with Gasteiger partial charge in [-0.25, -0.2) is 9.59 Å². The van der Waals surface area contributed by atoms with Gasteiger partial charge in [0.25, 0.3) is 0 Å². The number of benzene rings is 1. The molecule has 1 rings (SSSR count). The number of nitrogens with one attached hydrogen (secondary N) is 1. The fraction of sp³-hybridized carbons (Fsp3) is 0.500. The highest BCUT2D eigenvalue weighted by Gasteiger charge is 2.25. The van der Waals surface area contributed by atoms with E-state index >= 15 is 0 Å². The van der Waals surface area contributed by atoms with Crippen molar-refractivity contribution in [2.45, 2.75) is 39.0 Å². The van der Waals surface area contributed by atoms with Gasteiger partial charge in [0.1, 0.15) is 5.60 Å². The summed E-state index contributed by atoms with van der Waals surface area (Å²) in [4.78, 5) is 23.4. The molecule has 0 unspecified atom stereocenters. The van der Waals surface area contributed by atoms with E-state index in [1.54, 1.807) is 20.8 Å². The summed E-state index contributed by atoms with van der Waals surface area (Å²) in [6.07, 6.45) is -0.689. The molecule has 6 nitrogen and oxygen atoms in total. The zero-order chi connectivity index (χ0) is 16.6. The Kier molecular flexibility index (Phi) is 6.85. The van der Waals surface area contributed by atoms with Crippen molar-refractivity contribution >= 4 is 12.1 Å². The minimum atomic E-state index is -0.913. The number of esters is 1. The van der Waals surface area contributed by atoms with Crippen molar-refractivity contribution in [3.8, 4) is 0 Å². The third kappa shape index (κ3) is 7.08. The van der Waals surface area contributed by atoms with Crippen molar-refractivity contribution in [3.63, 3.8) is 0 Å². The number of ether oxygens (including phenoxy) is 3. The van der Waals surface area contributed by atoms with Crippen molar-refractivity contribution in [1.82, 2.24) is 5.32 Å². The lowest BCUT2D eigenvalue weighted by Crippen LogP contribution is -2.46. The monoisotopic (exact) mass is 309 g/mol. The van der Waals surface area contributed by atoms with Gasteiger partial charge < -0.3 is 19.5 Å². The molecule has 0 radical (unpaired) electrons. The van der Waals surface area contributed by atoms with E-state index in [-0.39, 0.29) is 6.61 Å². The van der Waals surface area contributed by atoms with Crippen molar-refractivity contribution in [2.24, 2.45) is 0 Å². The molecule has 0 saturated carbocycles. The van der Waals surface area contributed by atoms with Gasteiger partial charge in [0.05, 0.1) is 20.3 Å². The van der Waals surface area contributed by atoms with Crippen LogP contribution in [0.2, 0.25) is 0 Å². The molecule has 0 saturated heterocycles. The highest BCUT2D eigenvalue weighted by atomic mass is 16.6. The maximum absolute atomic E-state index is 11.7. The van der Waals surface area contributed by atoms with Crippen molar-refractivity contribution in [3.05, 3.63) is 35.9 Å². The van der Waals surface area contributed by atoms with Gasteiger partial charge in [0.2, 0.25) is 0 Å². The predicted molar refractivity (Wildman–Crippen MR) is 81.3 cm³/mol. The zero-order valence-corrected chi connectivity index (χ0v) is 13.4. The highest BCUT2D eigenvalue weighted by molar-refractivity contribution is 5.81. The molecule has 0 bridgehead atoms. The average molecular weight is 309 g/mol. The Labute approximate surface area is 130 Å². The summed E-state index contributed by atoms with van der Waals surface area (Å²) in [5.41, 5.74) is 0.332. The van der Waals surface area contributed by atoms with E-state index in [0.29, 0.717) is 6.61 Å². The standard InChI is InChI=1S/C16H23NO5/c1-16(2,3)22-15(19)17-13(14(18)20-4)11-21-10-12-8-6-5-7-9-12/h5-9,13H,10-11H2,1-4H3,(H,17,19)/t13-/m1/s1. The van der Waals surface area contributed by atoms with Gasteiger partial charge in [-0.2, -0.15) is 0 Å². The number of alkyl carbamates (subject to hydrolysis) is 1. The van der Waals surface area contributed by atoms with E-state index < -0.39 is 23.7 Å². The van der Waals surface area contributed by atoms with Crippen LogP contribution in [0, 0.1) is 0 Å². The van der Waals surface area contributed by atoms with Gasteiger partial charge in [0, 0.05) is 0 Å². The van der Waals surface area contributed by atoms with E-state index in [1.165, 1.54) is 7.11 Å². The summed E-state index contributed by atoms with van der Waals surface area (Å²) in [6.45, 7) is 5.56. The van der Waals surface area contributed by atoms with Crippen molar-refractivity contribution in [1.29, 1.82) is 0 Å². The smallest absolute Gasteiger partial charge is 0.408 e. The summed E-state index contributed by atoms with van der Waals surface area (Å²) in [5.74, 6) is -0.584. The molecule has 0 spiro atoms. The number of hydrogen-bond donors (Lipinski definition) is 1. The van der Waals surface area contributed by atoms with Gasteiger partial charge in [-0.05, 0) is 26.3 Å². The zero-order valence-electron chi connectivity index (χ0n) is 13.4. The van der Waals surface area contributed by atoms with E-state index in [9.17, 15) is 9.59 Å². The first kappa shape index (κ1) is 18.0. The maximum atomic E-state index is 11.7. The van der Waals surface area contributed by atoms with Crippen LogP contribution in [0.1, 0.15) is 26.3 Å². The number of methoxy groups -OCH3 is 1. The molecule has 0 aliphatic carbocycles. The van der Waals surface area contributed by atoms with E-state index in [4.69, 9.17) is 9.47 Å². The largest absolute Gasteiger partial charge is 0.467 e. The Morgan fingerprint density at radius 3 is 2.36 bits per heavy atom. The van der Waals surface area contributed by atoms with E-state index in [0.717, 1.165) is 5.56 Å². The molecule has 1 aromatic rings. The molecule has 0 heterocycles. The molecule has 1 aromatic carbocycles. The number of carbonyl (C=O) groups is 2. The first-order chi connectivity index (χ1) is 10.3. The average Bonchev–Trinajstić information content (AvgIpc) is 2.44. The van der Waals surface area contributed by atoms with Gasteiger partial charge in [-0.15, -0.1) is 0 Å². The molecule has 1 amide bonds. The lowest BCUT2D eigenvalue weighted by Gasteiger charge is -2.22. The van der Waals surface area contributed by atoms with Crippen LogP contribution in [0.25, 0.3) is 0 Å². The molecule has 0 aliphatic rings. The second kappa shape index (κ2) is 8.38. The predicted octanol–water partition coefficient (Wildman–Crippen LogP) is 2.27. The molecule has 0 aromatic heterocycles. The number of carbonyl (C=O) groups excluding carboxylic acids is 2. The van der Waals surface area contributed by atoms with Crippen molar-refractivity contribution in [2.75, 3.05) is 13.7 Å². The summed E-state index contributed by atoms with van der Waals surface area (Å²) >= 11 is 0. The molecule has 1 N–H and O–H groups in total. The summed E-state index contributed by atoms with van der Waals surface area (Å²) in [7, 11) is 1.25. The molecule has 6 heteroatoms. The van der Waals surface area contributed by atoms with Crippen LogP contribution in [0.5, 0.6) is 0 Å². The fourth-order valence-electron chi connectivity index (χ4n) is 1.63. The molecular weight excluding hydrogens is 286 g/mol. The number of hydrogen-bond acceptors (Lipinski definition) is 5. The second-order valence-electron chi connectivity index (χ2n) is 5.72. The minimum absolute atomic E-state index is 0.000804. The Morgan fingerprint density at radius 1 is 1.18 bits per heavy atom. The molecule has 1 atom stereocenters. The summed E-state index contributed by atoms with van der Waals surface area (Å²) in [6, 6.07) is 8.61. The number of rotatable bonds is 6. The van der Waals surface area contributed by atoms with Gasteiger partial charge in [-0.3, -0.25) is 0 Å². The first-order valence-corrected chi connectivity index (χ1v) is 7.01. The van der Waals surface area contributed by atoms with Gasteiger partial charge in [0.15, 0.2) is 6.04 Å². The normalized spacial score (nSPS) is 12.4. The highest BCUT2D eigenvalue weighted by Crippen LogP contribution is 2.07. The van der Waals surface area contributed by atoms with Gasteiger partial charge >= 0.3 is 12.1 Å². The molecule has 22 heavy (non-hydrogen) atoms. The quantitative estimate of drug-likeness (QED) is 0.816. The van der Waals surface area contributed by atoms with Crippen LogP contribution >= 0.6 is 0 Å². The van der Waals surface area contributed by atoms with Crippen LogP contribution in [0.4, 0.5) is 4.79 Å². The maximum Gasteiger partial charge on any atom is 0.408 e. The van der Waals surface area contributed by atoms with Crippen LogP contribution < -0.4 is 5.32 Å². The Balaban J connectivity index is 2.50. The van der Waals surface area contributed by atoms with E-state index in [1.807, 2.05) is 30.3 Å². The van der Waals surface area contributed by atoms with Gasteiger partial charge in [-0.1, -0.05) is 30.3 Å². The summed E-state index contributed by atoms with van der Waals surface area (Å²) < 4.78 is 15.2. The third-order valence-corrected chi connectivity index (χ3v) is 2.57. The van der Waals surface area contributed by atoms with Crippen LogP contribution in [-0.4, -0.2) is 37.4 Å². The van der Waals surface area contributed by atoms with Crippen molar-refractivity contribution < 1.29 is 23.8 Å². The molecular formula is C16H23NO5. The van der Waals surface area contributed by atoms with Crippen LogP contribution in [-0.2, 0) is 25.6 Å². The first-order valence-electron chi connectivity index (χ1n) is 7.01. The lowest BCUT2D eigenvalue weighted by atomic mass is 10.2. The Bertz CT molecular complexity index is 481. The van der Waals surface area contributed by atoms with E-state index in [2.05, 4.69) is 10.1 Å². The molecule has 122 valence electrons. The Hall–Kier alpha value is -2.08. The van der Waals surface area contributed by atoms with Crippen LogP contribution in [0.3, 0.4) is 0 Å². The lowest BCUT2D eigenvalue weighted by molar-refractivity contribution is -0.145. The SMILES string of the molecule is COC(=O)[C@@H](COCc1ccccc1)NC(=O)OC(C)(C)C. The minimum Gasteiger partial charge on any atom is -0.467 e.